The zero-order valence-electron chi connectivity index (χ0n) is 18.2. The molecule has 0 amide bonds. The van der Waals surface area contributed by atoms with Crippen LogP contribution in [-0.2, 0) is 6.42 Å². The van der Waals surface area contributed by atoms with Gasteiger partial charge in [0.2, 0.25) is 0 Å². The summed E-state index contributed by atoms with van der Waals surface area (Å²) in [5.74, 6) is 1.38. The Morgan fingerprint density at radius 2 is 1.32 bits per heavy atom. The van der Waals surface area contributed by atoms with E-state index in [1.165, 1.54) is 24.0 Å². The van der Waals surface area contributed by atoms with Crippen LogP contribution < -0.4 is 9.47 Å². The predicted octanol–water partition coefficient (Wildman–Crippen LogP) is 6.15. The molecule has 2 N–H and O–H groups in total. The Kier molecular flexibility index (Phi) is 4.99. The molecular weight excluding hydrogens is 388 g/mol. The number of aryl methyl sites for hydroxylation is 1. The fourth-order valence-electron chi connectivity index (χ4n) is 4.95. The molecule has 4 heteroatoms. The van der Waals surface area contributed by atoms with Gasteiger partial charge in [-0.15, -0.1) is 0 Å². The van der Waals surface area contributed by atoms with Gasteiger partial charge in [0.1, 0.15) is 11.5 Å². The van der Waals surface area contributed by atoms with Gasteiger partial charge < -0.3 is 19.7 Å². The van der Waals surface area contributed by atoms with Crippen molar-refractivity contribution in [1.29, 1.82) is 0 Å². The average Bonchev–Trinajstić information content (AvgIpc) is 2.98. The van der Waals surface area contributed by atoms with Gasteiger partial charge in [-0.2, -0.15) is 0 Å². The molecule has 4 nitrogen and oxygen atoms in total. The van der Waals surface area contributed by atoms with E-state index in [0.29, 0.717) is 11.5 Å². The molecule has 8 bridgehead atoms. The van der Waals surface area contributed by atoms with E-state index in [1.807, 2.05) is 12.1 Å². The van der Waals surface area contributed by atoms with Crippen molar-refractivity contribution in [3.63, 3.8) is 0 Å². The number of benzene rings is 3. The largest absolute Gasteiger partial charge is 0.465 e. The van der Waals surface area contributed by atoms with E-state index in [4.69, 9.17) is 9.47 Å². The molecule has 0 aromatic heterocycles. The summed E-state index contributed by atoms with van der Waals surface area (Å²) in [4.78, 5) is 0. The minimum Gasteiger partial charge on any atom is -0.465 e. The van der Waals surface area contributed by atoms with Crippen LogP contribution in [0.5, 0.6) is 11.5 Å². The lowest BCUT2D eigenvalue weighted by Crippen LogP contribution is -2.10. The van der Waals surface area contributed by atoms with Gasteiger partial charge in [0.05, 0.1) is 0 Å². The second-order valence-electron chi connectivity index (χ2n) is 8.52. The van der Waals surface area contributed by atoms with Crippen LogP contribution >= 0.6 is 0 Å². The number of rotatable bonds is 8. The number of unbranched alkanes of at least 4 members (excludes halogenated alkanes) is 2. The molecule has 0 heterocycles. The molecule has 4 aliphatic carbocycles. The predicted molar refractivity (Wildman–Crippen MR) is 123 cm³/mol. The van der Waals surface area contributed by atoms with Crippen molar-refractivity contribution in [3.8, 4) is 56.0 Å². The van der Waals surface area contributed by atoms with Crippen molar-refractivity contribution in [3.05, 3.63) is 48.0 Å². The average molecular weight is 417 g/mol. The first-order valence-corrected chi connectivity index (χ1v) is 11.2. The molecule has 2 atom stereocenters. The van der Waals surface area contributed by atoms with Gasteiger partial charge in [-0.1, -0.05) is 31.9 Å². The lowest BCUT2D eigenvalue weighted by atomic mass is 9.85. The summed E-state index contributed by atoms with van der Waals surface area (Å²) in [6, 6.07) is 14.9. The minimum absolute atomic E-state index is 0.691. The van der Waals surface area contributed by atoms with E-state index < -0.39 is 12.6 Å². The molecule has 7 rings (SSSR count). The smallest absolute Gasteiger partial charge is 0.194 e. The van der Waals surface area contributed by atoms with E-state index >= 15 is 0 Å². The van der Waals surface area contributed by atoms with Gasteiger partial charge in [-0.25, -0.2) is 0 Å². The molecule has 3 aromatic rings. The van der Waals surface area contributed by atoms with E-state index in [2.05, 4.69) is 37.3 Å². The van der Waals surface area contributed by atoms with Gasteiger partial charge >= 0.3 is 0 Å². The Balaban J connectivity index is 1.80. The first-order chi connectivity index (χ1) is 15.0. The second-order valence-corrected chi connectivity index (χ2v) is 8.52. The maximum absolute atomic E-state index is 9.94. The van der Waals surface area contributed by atoms with Gasteiger partial charge in [0.25, 0.3) is 0 Å². The van der Waals surface area contributed by atoms with Crippen molar-refractivity contribution in [2.45, 2.75) is 59.0 Å². The number of fused-ring (bicyclic) bond motifs is 4. The fourth-order valence-corrected chi connectivity index (χ4v) is 4.95. The first-order valence-electron chi connectivity index (χ1n) is 11.2. The molecule has 0 saturated heterocycles. The van der Waals surface area contributed by atoms with Crippen LogP contribution in [0.25, 0.3) is 44.5 Å². The SMILES string of the molecule is CCCCCc1cc2c3c(c1-c1ccc-3c(OC(C)O)c1)-c1ccc-2cc1OC(C)O. The summed E-state index contributed by atoms with van der Waals surface area (Å²) < 4.78 is 11.7. The third-order valence-corrected chi connectivity index (χ3v) is 6.16. The monoisotopic (exact) mass is 416 g/mol. The highest BCUT2D eigenvalue weighted by atomic mass is 16.6. The summed E-state index contributed by atoms with van der Waals surface area (Å²) in [5.41, 5.74) is 10.0. The third-order valence-electron chi connectivity index (χ3n) is 6.16. The number of ether oxygens (including phenoxy) is 2. The molecule has 3 aromatic carbocycles. The maximum Gasteiger partial charge on any atom is 0.194 e. The van der Waals surface area contributed by atoms with Crippen LogP contribution in [0.2, 0.25) is 0 Å². The van der Waals surface area contributed by atoms with Crippen molar-refractivity contribution < 1.29 is 19.7 Å². The normalized spacial score (nSPS) is 14.2. The van der Waals surface area contributed by atoms with Gasteiger partial charge in [0, 0.05) is 22.3 Å². The molecule has 0 aliphatic heterocycles. The van der Waals surface area contributed by atoms with Gasteiger partial charge in [-0.3, -0.25) is 0 Å². The van der Waals surface area contributed by atoms with Crippen LogP contribution in [-0.4, -0.2) is 22.8 Å². The van der Waals surface area contributed by atoms with E-state index in [-0.39, 0.29) is 0 Å². The zero-order valence-corrected chi connectivity index (χ0v) is 18.2. The van der Waals surface area contributed by atoms with Crippen LogP contribution in [0.3, 0.4) is 0 Å². The Labute approximate surface area is 183 Å². The Bertz CT molecular complexity index is 1150. The third kappa shape index (κ3) is 3.31. The highest BCUT2D eigenvalue weighted by molar-refractivity contribution is 6.09. The Morgan fingerprint density at radius 3 is 1.97 bits per heavy atom. The molecule has 0 spiro atoms. The topological polar surface area (TPSA) is 58.9 Å². The Hall–Kier alpha value is -2.82. The lowest BCUT2D eigenvalue weighted by Gasteiger charge is -2.19. The van der Waals surface area contributed by atoms with E-state index in [9.17, 15) is 10.2 Å². The quantitative estimate of drug-likeness (QED) is 0.235. The van der Waals surface area contributed by atoms with Crippen LogP contribution in [0.1, 0.15) is 45.6 Å². The minimum atomic E-state index is -0.894. The van der Waals surface area contributed by atoms with E-state index in [0.717, 1.165) is 51.8 Å². The molecule has 0 fully saturated rings. The standard InChI is InChI=1S/C27H28O4/c1-4-5-6-7-18-12-22-17-8-10-21(23(13-17)30-15(2)28)27-25(18)19-9-11-20(26(22)27)24(14-19)31-16(3)29/h8-16,28-29H,4-7H2,1-3H3. The number of hydrogen-bond donors (Lipinski definition) is 2. The van der Waals surface area contributed by atoms with Crippen LogP contribution in [0.4, 0.5) is 0 Å². The Morgan fingerprint density at radius 1 is 0.710 bits per heavy atom. The fraction of sp³-hybridized carbons (Fsp3) is 0.333. The number of aliphatic hydroxyl groups excluding tert-OH is 2. The van der Waals surface area contributed by atoms with Crippen molar-refractivity contribution in [2.75, 3.05) is 0 Å². The molecule has 160 valence electrons. The highest BCUT2D eigenvalue weighted by Gasteiger charge is 2.32. The molecule has 0 radical (unpaired) electrons. The maximum atomic E-state index is 9.94. The van der Waals surface area contributed by atoms with Gasteiger partial charge in [-0.05, 0) is 84.8 Å². The van der Waals surface area contributed by atoms with E-state index in [1.54, 1.807) is 13.8 Å². The number of hydrogen-bond acceptors (Lipinski definition) is 4. The zero-order chi connectivity index (χ0) is 21.7. The van der Waals surface area contributed by atoms with Crippen LogP contribution in [0, 0.1) is 0 Å². The molecule has 4 aliphatic rings. The summed E-state index contributed by atoms with van der Waals surface area (Å²) >= 11 is 0. The van der Waals surface area contributed by atoms with Crippen molar-refractivity contribution in [2.24, 2.45) is 0 Å². The van der Waals surface area contributed by atoms with Gasteiger partial charge in [0.15, 0.2) is 12.6 Å². The van der Waals surface area contributed by atoms with Crippen LogP contribution in [0.15, 0.2) is 42.5 Å². The summed E-state index contributed by atoms with van der Waals surface area (Å²) in [6.07, 6.45) is 2.73. The molecule has 0 saturated carbocycles. The first kappa shape index (κ1) is 20.1. The molecular formula is C27H28O4. The summed E-state index contributed by atoms with van der Waals surface area (Å²) in [6.45, 7) is 5.48. The highest BCUT2D eigenvalue weighted by Crippen LogP contribution is 2.57. The molecule has 31 heavy (non-hydrogen) atoms. The second kappa shape index (κ2) is 7.70. The summed E-state index contributed by atoms with van der Waals surface area (Å²) in [7, 11) is 0. The number of aliphatic hydroxyl groups is 2. The summed E-state index contributed by atoms with van der Waals surface area (Å²) in [5, 5.41) is 19.9. The lowest BCUT2D eigenvalue weighted by molar-refractivity contribution is -0.000426. The molecule has 2 unspecified atom stereocenters. The van der Waals surface area contributed by atoms with Crippen molar-refractivity contribution >= 4 is 0 Å². The van der Waals surface area contributed by atoms with Crippen molar-refractivity contribution in [1.82, 2.24) is 0 Å².